The van der Waals surface area contributed by atoms with Crippen LogP contribution in [0.1, 0.15) is 12.8 Å². The molecule has 1 aliphatic heterocycles. The Balaban J connectivity index is 2.14. The third-order valence-electron chi connectivity index (χ3n) is 3.45. The summed E-state index contributed by atoms with van der Waals surface area (Å²) >= 11 is 5.90. The van der Waals surface area contributed by atoms with Crippen LogP contribution in [0.15, 0.2) is 11.1 Å². The number of rotatable bonds is 2. The number of nitrogens with zero attached hydrogens (tertiary/aromatic N) is 2. The van der Waals surface area contributed by atoms with Crippen molar-refractivity contribution in [3.05, 3.63) is 11.1 Å². The molecule has 2 aliphatic rings. The summed E-state index contributed by atoms with van der Waals surface area (Å²) in [5.74, 6) is -1.50. The highest BCUT2D eigenvalue weighted by atomic mass is 35.5. The van der Waals surface area contributed by atoms with E-state index in [2.05, 4.69) is 0 Å². The van der Waals surface area contributed by atoms with Gasteiger partial charge in [-0.25, -0.2) is 0 Å². The number of hydrogen-bond acceptors (Lipinski definition) is 3. The van der Waals surface area contributed by atoms with Gasteiger partial charge in [-0.1, -0.05) is 17.7 Å². The van der Waals surface area contributed by atoms with Gasteiger partial charge < -0.3 is 4.90 Å². The highest BCUT2D eigenvalue weighted by Gasteiger charge is 2.48. The molecule has 0 unspecified atom stereocenters. The Morgan fingerprint density at radius 3 is 2.61 bits per heavy atom. The molecular weight excluding hydrogens is 256 g/mol. The van der Waals surface area contributed by atoms with Crippen LogP contribution in [0.3, 0.4) is 0 Å². The van der Waals surface area contributed by atoms with E-state index in [-0.39, 0.29) is 36.1 Å². The molecule has 0 saturated carbocycles. The molecule has 0 N–H and O–H groups in total. The Morgan fingerprint density at radius 2 is 2.00 bits per heavy atom. The van der Waals surface area contributed by atoms with Crippen molar-refractivity contribution in [2.75, 3.05) is 20.6 Å². The molecule has 98 valence electrons. The molecule has 2 atom stereocenters. The van der Waals surface area contributed by atoms with Crippen LogP contribution in [-0.2, 0) is 14.4 Å². The third-order valence-corrected chi connectivity index (χ3v) is 3.76. The van der Waals surface area contributed by atoms with Crippen LogP contribution in [0.5, 0.6) is 0 Å². The van der Waals surface area contributed by atoms with Crippen molar-refractivity contribution in [2.45, 2.75) is 12.8 Å². The maximum absolute atomic E-state index is 12.1. The first-order valence-electron chi connectivity index (χ1n) is 5.81. The highest BCUT2D eigenvalue weighted by Crippen LogP contribution is 2.38. The van der Waals surface area contributed by atoms with Gasteiger partial charge >= 0.3 is 0 Å². The topological polar surface area (TPSA) is 57.7 Å². The molecule has 0 aromatic rings. The van der Waals surface area contributed by atoms with E-state index in [0.29, 0.717) is 17.9 Å². The molecule has 1 heterocycles. The molecule has 0 spiro atoms. The molecule has 2 rings (SSSR count). The molecule has 1 aliphatic carbocycles. The monoisotopic (exact) mass is 270 g/mol. The van der Waals surface area contributed by atoms with Crippen LogP contribution < -0.4 is 0 Å². The predicted octanol–water partition coefficient (Wildman–Crippen LogP) is 0.592. The average molecular weight is 271 g/mol. The van der Waals surface area contributed by atoms with E-state index in [0.717, 1.165) is 4.90 Å². The zero-order chi connectivity index (χ0) is 13.4. The normalized spacial score (nSPS) is 27.1. The van der Waals surface area contributed by atoms with Crippen LogP contribution in [0.2, 0.25) is 0 Å². The standard InChI is InChI=1S/C12H15ClN2O3/c1-14(2)10(16)6-15-11(17)8-4-3-7(13)5-9(8)12(15)18/h3,8-9H,4-6H2,1-2H3/t8-,9-/m1/s1. The Hall–Kier alpha value is -1.36. The summed E-state index contributed by atoms with van der Waals surface area (Å²) in [7, 11) is 3.19. The number of imide groups is 1. The number of carbonyl (C=O) groups is 3. The van der Waals surface area contributed by atoms with Gasteiger partial charge in [-0.05, 0) is 12.8 Å². The SMILES string of the molecule is CN(C)C(=O)CN1C(=O)[C@@H]2CC=C(Cl)C[C@H]2C1=O. The first kappa shape index (κ1) is 13.1. The van der Waals surface area contributed by atoms with E-state index >= 15 is 0 Å². The zero-order valence-corrected chi connectivity index (χ0v) is 11.1. The molecule has 18 heavy (non-hydrogen) atoms. The maximum Gasteiger partial charge on any atom is 0.242 e. The Labute approximate surface area is 110 Å². The fraction of sp³-hybridized carbons (Fsp3) is 0.583. The Bertz CT molecular complexity index is 445. The lowest BCUT2D eigenvalue weighted by Crippen LogP contribution is -2.40. The number of allylic oxidation sites excluding steroid dienone is 2. The molecule has 1 saturated heterocycles. The average Bonchev–Trinajstić information content (AvgIpc) is 2.54. The highest BCUT2D eigenvalue weighted by molar-refractivity contribution is 6.30. The summed E-state index contributed by atoms with van der Waals surface area (Å²) in [6, 6.07) is 0. The van der Waals surface area contributed by atoms with Crippen molar-refractivity contribution in [3.63, 3.8) is 0 Å². The quantitative estimate of drug-likeness (QED) is 0.690. The number of hydrogen-bond donors (Lipinski definition) is 0. The summed E-state index contributed by atoms with van der Waals surface area (Å²) < 4.78 is 0. The Kier molecular flexibility index (Phi) is 3.43. The van der Waals surface area contributed by atoms with Crippen molar-refractivity contribution in [1.29, 1.82) is 0 Å². The number of fused-ring (bicyclic) bond motifs is 1. The fourth-order valence-corrected chi connectivity index (χ4v) is 2.58. The lowest BCUT2D eigenvalue weighted by molar-refractivity contribution is -0.145. The molecule has 0 bridgehead atoms. The van der Waals surface area contributed by atoms with E-state index < -0.39 is 0 Å². The number of amides is 3. The largest absolute Gasteiger partial charge is 0.347 e. The summed E-state index contributed by atoms with van der Waals surface area (Å²) in [5, 5.41) is 0.623. The van der Waals surface area contributed by atoms with Crippen molar-refractivity contribution in [1.82, 2.24) is 9.80 Å². The molecular formula is C12H15ClN2O3. The van der Waals surface area contributed by atoms with Gasteiger partial charge in [0, 0.05) is 19.1 Å². The second-order valence-electron chi connectivity index (χ2n) is 4.85. The first-order valence-corrected chi connectivity index (χ1v) is 6.19. The minimum atomic E-state index is -0.384. The van der Waals surface area contributed by atoms with Gasteiger partial charge in [0.1, 0.15) is 6.54 Å². The summed E-state index contributed by atoms with van der Waals surface area (Å²) in [4.78, 5) is 38.2. The van der Waals surface area contributed by atoms with E-state index in [1.807, 2.05) is 0 Å². The van der Waals surface area contributed by atoms with Crippen LogP contribution in [-0.4, -0.2) is 48.2 Å². The van der Waals surface area contributed by atoms with Crippen molar-refractivity contribution < 1.29 is 14.4 Å². The van der Waals surface area contributed by atoms with Crippen LogP contribution >= 0.6 is 11.6 Å². The summed E-state index contributed by atoms with van der Waals surface area (Å²) in [5.41, 5.74) is 0. The van der Waals surface area contributed by atoms with Crippen molar-refractivity contribution in [2.24, 2.45) is 11.8 Å². The minimum absolute atomic E-state index is 0.171. The Morgan fingerprint density at radius 1 is 1.39 bits per heavy atom. The van der Waals surface area contributed by atoms with Crippen molar-refractivity contribution in [3.8, 4) is 0 Å². The van der Waals surface area contributed by atoms with Gasteiger partial charge in [0.15, 0.2) is 0 Å². The van der Waals surface area contributed by atoms with Gasteiger partial charge in [-0.2, -0.15) is 0 Å². The van der Waals surface area contributed by atoms with E-state index in [1.165, 1.54) is 4.90 Å². The molecule has 0 radical (unpaired) electrons. The predicted molar refractivity (Wildman–Crippen MR) is 65.6 cm³/mol. The minimum Gasteiger partial charge on any atom is -0.347 e. The number of likely N-dealkylation sites (tertiary alicyclic amines) is 1. The molecule has 0 aromatic heterocycles. The zero-order valence-electron chi connectivity index (χ0n) is 10.4. The number of likely N-dealkylation sites (N-methyl/N-ethyl adjacent to an activating group) is 1. The molecule has 1 fully saturated rings. The van der Waals surface area contributed by atoms with Crippen LogP contribution in [0.25, 0.3) is 0 Å². The van der Waals surface area contributed by atoms with E-state index in [1.54, 1.807) is 20.2 Å². The van der Waals surface area contributed by atoms with E-state index in [9.17, 15) is 14.4 Å². The van der Waals surface area contributed by atoms with Crippen molar-refractivity contribution >= 4 is 29.3 Å². The summed E-state index contributed by atoms with van der Waals surface area (Å²) in [6.45, 7) is -0.171. The molecule has 3 amide bonds. The van der Waals surface area contributed by atoms with Crippen LogP contribution in [0.4, 0.5) is 0 Å². The second kappa shape index (κ2) is 4.72. The van der Waals surface area contributed by atoms with Gasteiger partial charge in [0.05, 0.1) is 11.8 Å². The molecule has 5 nitrogen and oxygen atoms in total. The molecule has 0 aromatic carbocycles. The second-order valence-corrected chi connectivity index (χ2v) is 5.34. The third kappa shape index (κ3) is 2.14. The molecule has 6 heteroatoms. The van der Waals surface area contributed by atoms with Gasteiger partial charge in [-0.15, -0.1) is 0 Å². The fourth-order valence-electron chi connectivity index (χ4n) is 2.33. The number of carbonyl (C=O) groups excluding carboxylic acids is 3. The lowest BCUT2D eigenvalue weighted by Gasteiger charge is -2.17. The lowest BCUT2D eigenvalue weighted by atomic mass is 9.85. The van der Waals surface area contributed by atoms with Gasteiger partial charge in [0.25, 0.3) is 0 Å². The van der Waals surface area contributed by atoms with Crippen LogP contribution in [0, 0.1) is 11.8 Å². The number of halogens is 1. The smallest absolute Gasteiger partial charge is 0.242 e. The van der Waals surface area contributed by atoms with E-state index in [4.69, 9.17) is 11.6 Å². The summed E-state index contributed by atoms with van der Waals surface area (Å²) in [6.07, 6.45) is 2.68. The maximum atomic E-state index is 12.1. The first-order chi connectivity index (χ1) is 8.41. The van der Waals surface area contributed by atoms with Gasteiger partial charge in [-0.3, -0.25) is 19.3 Å². The van der Waals surface area contributed by atoms with Gasteiger partial charge in [0.2, 0.25) is 17.7 Å².